The topological polar surface area (TPSA) is 26.3 Å². The van der Waals surface area contributed by atoms with Crippen LogP contribution < -0.4 is 0 Å². The van der Waals surface area contributed by atoms with Crippen LogP contribution >= 0.6 is 0 Å². The summed E-state index contributed by atoms with van der Waals surface area (Å²) in [7, 11) is 0. The van der Waals surface area contributed by atoms with Crippen LogP contribution in [0.5, 0.6) is 0 Å². The van der Waals surface area contributed by atoms with E-state index in [1.165, 1.54) is 5.56 Å². The molecule has 1 aromatic carbocycles. The van der Waals surface area contributed by atoms with Gasteiger partial charge in [-0.1, -0.05) is 42.5 Å². The van der Waals surface area contributed by atoms with E-state index in [0.29, 0.717) is 0 Å². The van der Waals surface area contributed by atoms with Crippen molar-refractivity contribution in [3.05, 3.63) is 42.0 Å². The predicted octanol–water partition coefficient (Wildman–Crippen LogP) is 3.82. The number of ether oxygens (including phenoxy) is 1. The van der Waals surface area contributed by atoms with Crippen molar-refractivity contribution in [3.63, 3.8) is 0 Å². The van der Waals surface area contributed by atoms with Crippen molar-refractivity contribution in [1.29, 1.82) is 0 Å². The molecule has 1 aliphatic rings. The third kappa shape index (κ3) is 3.22. The maximum Gasteiger partial charge on any atom is 0.311 e. The molecule has 1 heterocycles. The van der Waals surface area contributed by atoms with Crippen molar-refractivity contribution in [3.8, 4) is 0 Å². The number of hydrogen-bond donors (Lipinski definition) is 0. The van der Waals surface area contributed by atoms with Gasteiger partial charge in [0.05, 0.1) is 5.41 Å². The monoisotopic (exact) mass is 244 g/mol. The lowest BCUT2D eigenvalue weighted by molar-refractivity contribution is -0.167. The van der Waals surface area contributed by atoms with Crippen LogP contribution in [0, 0.1) is 5.41 Å². The molecule has 96 valence electrons. The van der Waals surface area contributed by atoms with Gasteiger partial charge in [-0.25, -0.2) is 0 Å². The molecular formula is C16H20O2. The molecule has 18 heavy (non-hydrogen) atoms. The number of benzene rings is 1. The maximum absolute atomic E-state index is 11.7. The van der Waals surface area contributed by atoms with E-state index in [-0.39, 0.29) is 17.5 Å². The Morgan fingerprint density at radius 2 is 2.06 bits per heavy atom. The van der Waals surface area contributed by atoms with Crippen LogP contribution in [0.4, 0.5) is 0 Å². The summed E-state index contributed by atoms with van der Waals surface area (Å²) >= 11 is 0. The first-order valence-electron chi connectivity index (χ1n) is 6.50. The van der Waals surface area contributed by atoms with Crippen LogP contribution in [0.1, 0.15) is 38.7 Å². The number of cyclic esters (lactones) is 1. The summed E-state index contributed by atoms with van der Waals surface area (Å²) < 4.78 is 5.45. The highest BCUT2D eigenvalue weighted by molar-refractivity contribution is 5.76. The molecule has 0 radical (unpaired) electrons. The molecule has 0 amide bonds. The van der Waals surface area contributed by atoms with Crippen molar-refractivity contribution in [2.75, 3.05) is 0 Å². The summed E-state index contributed by atoms with van der Waals surface area (Å²) in [4.78, 5) is 11.7. The number of esters is 1. The van der Waals surface area contributed by atoms with Gasteiger partial charge in [0.2, 0.25) is 0 Å². The summed E-state index contributed by atoms with van der Waals surface area (Å²) in [5.74, 6) is -0.0631. The molecule has 1 saturated heterocycles. The molecule has 2 nitrogen and oxygen atoms in total. The van der Waals surface area contributed by atoms with Crippen molar-refractivity contribution in [2.24, 2.45) is 5.41 Å². The van der Waals surface area contributed by atoms with Gasteiger partial charge in [-0.2, -0.15) is 0 Å². The highest BCUT2D eigenvalue weighted by atomic mass is 16.5. The molecule has 1 atom stereocenters. The van der Waals surface area contributed by atoms with Crippen LogP contribution in [0.2, 0.25) is 0 Å². The number of hydrogen-bond acceptors (Lipinski definition) is 2. The van der Waals surface area contributed by atoms with E-state index in [2.05, 4.69) is 24.3 Å². The predicted molar refractivity (Wildman–Crippen MR) is 73.0 cm³/mol. The summed E-state index contributed by atoms with van der Waals surface area (Å²) in [6.45, 7) is 3.90. The number of carbonyl (C=O) groups excluding carboxylic acids is 1. The van der Waals surface area contributed by atoms with E-state index in [4.69, 9.17) is 4.74 Å². The van der Waals surface area contributed by atoms with Gasteiger partial charge in [-0.15, -0.1) is 0 Å². The molecule has 0 N–H and O–H groups in total. The second-order valence-corrected chi connectivity index (χ2v) is 5.50. The van der Waals surface area contributed by atoms with Crippen LogP contribution in [0.25, 0.3) is 6.08 Å². The minimum Gasteiger partial charge on any atom is -0.462 e. The Kier molecular flexibility index (Phi) is 3.85. The van der Waals surface area contributed by atoms with Gasteiger partial charge in [0.15, 0.2) is 0 Å². The summed E-state index contributed by atoms with van der Waals surface area (Å²) in [5.41, 5.74) is 0.875. The normalized spacial score (nSPS) is 23.0. The molecule has 0 aromatic heterocycles. The third-order valence-corrected chi connectivity index (χ3v) is 3.43. The first kappa shape index (κ1) is 12.9. The number of carbonyl (C=O) groups is 1. The van der Waals surface area contributed by atoms with E-state index < -0.39 is 0 Å². The SMILES string of the molecule is CC1(C)CCC(C/C=C/c2ccccc2)OC1=O. The lowest BCUT2D eigenvalue weighted by atomic mass is 9.84. The van der Waals surface area contributed by atoms with E-state index in [1.54, 1.807) is 0 Å². The summed E-state index contributed by atoms with van der Waals surface area (Å²) in [6, 6.07) is 10.2. The lowest BCUT2D eigenvalue weighted by Crippen LogP contribution is -2.36. The third-order valence-electron chi connectivity index (χ3n) is 3.43. The zero-order valence-electron chi connectivity index (χ0n) is 11.1. The zero-order valence-corrected chi connectivity index (χ0v) is 11.1. The van der Waals surface area contributed by atoms with Gasteiger partial charge < -0.3 is 4.74 Å². The molecule has 0 bridgehead atoms. The molecule has 1 aliphatic heterocycles. The fraction of sp³-hybridized carbons (Fsp3) is 0.438. The van der Waals surface area contributed by atoms with Crippen LogP contribution in [-0.2, 0) is 9.53 Å². The highest BCUT2D eigenvalue weighted by Crippen LogP contribution is 2.32. The fourth-order valence-corrected chi connectivity index (χ4v) is 2.08. The molecule has 0 aliphatic carbocycles. The highest BCUT2D eigenvalue weighted by Gasteiger charge is 2.36. The minimum atomic E-state index is -0.306. The quantitative estimate of drug-likeness (QED) is 0.755. The Morgan fingerprint density at radius 1 is 1.33 bits per heavy atom. The minimum absolute atomic E-state index is 0.0467. The molecule has 2 heteroatoms. The summed E-state index contributed by atoms with van der Waals surface area (Å²) in [5, 5.41) is 0. The van der Waals surface area contributed by atoms with E-state index in [1.807, 2.05) is 32.0 Å². The molecule has 2 rings (SSSR count). The molecular weight excluding hydrogens is 224 g/mol. The molecule has 1 aromatic rings. The second-order valence-electron chi connectivity index (χ2n) is 5.50. The van der Waals surface area contributed by atoms with Crippen LogP contribution in [-0.4, -0.2) is 12.1 Å². The smallest absolute Gasteiger partial charge is 0.311 e. The van der Waals surface area contributed by atoms with Crippen molar-refractivity contribution < 1.29 is 9.53 Å². The Hall–Kier alpha value is -1.57. The van der Waals surface area contributed by atoms with Gasteiger partial charge in [0, 0.05) is 6.42 Å². The van der Waals surface area contributed by atoms with Gasteiger partial charge in [0.25, 0.3) is 0 Å². The van der Waals surface area contributed by atoms with Gasteiger partial charge >= 0.3 is 5.97 Å². The molecule has 0 saturated carbocycles. The van der Waals surface area contributed by atoms with Crippen LogP contribution in [0.15, 0.2) is 36.4 Å². The van der Waals surface area contributed by atoms with E-state index >= 15 is 0 Å². The van der Waals surface area contributed by atoms with E-state index in [0.717, 1.165) is 19.3 Å². The summed E-state index contributed by atoms with van der Waals surface area (Å²) in [6.07, 6.45) is 6.88. The van der Waals surface area contributed by atoms with Crippen molar-refractivity contribution >= 4 is 12.0 Å². The standard InChI is InChI=1S/C16H20O2/c1-16(2)12-11-14(18-15(16)17)10-6-9-13-7-4-3-5-8-13/h3-9,14H,10-12H2,1-2H3/b9-6+. The molecule has 0 spiro atoms. The van der Waals surface area contributed by atoms with Gasteiger partial charge in [-0.3, -0.25) is 4.79 Å². The Labute approximate surface area is 109 Å². The number of rotatable bonds is 3. The Bertz CT molecular complexity index is 432. The Morgan fingerprint density at radius 3 is 2.72 bits per heavy atom. The van der Waals surface area contributed by atoms with Crippen LogP contribution in [0.3, 0.4) is 0 Å². The maximum atomic E-state index is 11.7. The zero-order chi connectivity index (χ0) is 13.0. The molecule has 1 fully saturated rings. The fourth-order valence-electron chi connectivity index (χ4n) is 2.08. The average Bonchev–Trinajstić information content (AvgIpc) is 2.35. The largest absolute Gasteiger partial charge is 0.462 e. The first-order chi connectivity index (χ1) is 8.58. The lowest BCUT2D eigenvalue weighted by Gasteiger charge is -2.32. The first-order valence-corrected chi connectivity index (χ1v) is 6.50. The van der Waals surface area contributed by atoms with Crippen molar-refractivity contribution in [2.45, 2.75) is 39.2 Å². The van der Waals surface area contributed by atoms with Gasteiger partial charge in [0.1, 0.15) is 6.10 Å². The molecule has 1 unspecified atom stereocenters. The Balaban J connectivity index is 1.85. The van der Waals surface area contributed by atoms with Gasteiger partial charge in [-0.05, 0) is 32.3 Å². The second kappa shape index (κ2) is 5.38. The van der Waals surface area contributed by atoms with Crippen molar-refractivity contribution in [1.82, 2.24) is 0 Å². The average molecular weight is 244 g/mol. The van der Waals surface area contributed by atoms with E-state index in [9.17, 15) is 4.79 Å².